The van der Waals surface area contributed by atoms with E-state index in [4.69, 9.17) is 0 Å². The fourth-order valence-electron chi connectivity index (χ4n) is 1.79. The summed E-state index contributed by atoms with van der Waals surface area (Å²) in [5.41, 5.74) is 1.90. The zero-order valence-electron chi connectivity index (χ0n) is 7.67. The highest BCUT2D eigenvalue weighted by Crippen LogP contribution is 2.26. The molecule has 0 spiro atoms. The van der Waals surface area contributed by atoms with Crippen molar-refractivity contribution >= 4 is 37.7 Å². The van der Waals surface area contributed by atoms with E-state index in [9.17, 15) is 4.79 Å². The molecule has 4 heteroatoms. The minimum Gasteiger partial charge on any atom is -0.353 e. The Morgan fingerprint density at radius 3 is 2.73 bits per heavy atom. The number of benzene rings is 1. The lowest BCUT2D eigenvalue weighted by molar-refractivity contribution is 1.26. The van der Waals surface area contributed by atoms with Crippen molar-refractivity contribution in [2.24, 2.45) is 0 Å². The second-order valence-corrected chi connectivity index (χ2v) is 4.36. The number of hydrogen-bond donors (Lipinski definition) is 2. The lowest BCUT2D eigenvalue weighted by Crippen LogP contribution is -2.00. The first-order chi connectivity index (χ1) is 7.24. The summed E-state index contributed by atoms with van der Waals surface area (Å²) in [6.45, 7) is 0. The quantitative estimate of drug-likeness (QED) is 0.643. The van der Waals surface area contributed by atoms with Crippen LogP contribution in [0.1, 0.15) is 0 Å². The van der Waals surface area contributed by atoms with Gasteiger partial charge in [-0.1, -0.05) is 15.9 Å². The number of hydrogen-bond acceptors (Lipinski definition) is 1. The predicted octanol–water partition coefficient (Wildman–Crippen LogP) is 2.77. The Kier molecular flexibility index (Phi) is 1.73. The number of fused-ring (bicyclic) bond motifs is 3. The van der Waals surface area contributed by atoms with Gasteiger partial charge in [0.2, 0.25) is 5.56 Å². The van der Waals surface area contributed by atoms with Gasteiger partial charge < -0.3 is 9.97 Å². The maximum Gasteiger partial charge on any atom is 0.248 e. The van der Waals surface area contributed by atoms with Crippen LogP contribution in [0.3, 0.4) is 0 Å². The molecule has 0 bridgehead atoms. The molecule has 74 valence electrons. The highest BCUT2D eigenvalue weighted by atomic mass is 79.9. The summed E-state index contributed by atoms with van der Waals surface area (Å²) in [5, 5.41) is 2.01. The highest BCUT2D eigenvalue weighted by Gasteiger charge is 2.04. The molecule has 1 aromatic carbocycles. The number of aromatic amines is 2. The molecule has 0 fully saturated rings. The average Bonchev–Trinajstić information content (AvgIpc) is 2.56. The molecular weight excluding hydrogens is 256 g/mol. The van der Waals surface area contributed by atoms with Gasteiger partial charge >= 0.3 is 0 Å². The van der Waals surface area contributed by atoms with Crippen molar-refractivity contribution in [1.29, 1.82) is 0 Å². The van der Waals surface area contributed by atoms with Gasteiger partial charge in [-0.05, 0) is 18.2 Å². The summed E-state index contributed by atoms with van der Waals surface area (Å²) in [6.07, 6.45) is 1.70. The maximum absolute atomic E-state index is 11.2. The fraction of sp³-hybridized carbons (Fsp3) is 0. The molecule has 0 atom stereocenters. The third-order valence-corrected chi connectivity index (χ3v) is 2.96. The summed E-state index contributed by atoms with van der Waals surface area (Å²) in [6, 6.07) is 7.58. The van der Waals surface area contributed by atoms with Gasteiger partial charge in [0.15, 0.2) is 0 Å². The van der Waals surface area contributed by atoms with E-state index >= 15 is 0 Å². The molecule has 0 saturated heterocycles. The predicted molar refractivity (Wildman–Crippen MR) is 64.1 cm³/mol. The molecule has 0 aliphatic heterocycles. The molecule has 2 heterocycles. The zero-order chi connectivity index (χ0) is 10.4. The van der Waals surface area contributed by atoms with Crippen LogP contribution in [0, 0.1) is 0 Å². The molecule has 15 heavy (non-hydrogen) atoms. The smallest absolute Gasteiger partial charge is 0.248 e. The van der Waals surface area contributed by atoms with Crippen LogP contribution in [0.2, 0.25) is 0 Å². The topological polar surface area (TPSA) is 48.6 Å². The summed E-state index contributed by atoms with van der Waals surface area (Å²) in [5.74, 6) is 0. The largest absolute Gasteiger partial charge is 0.353 e. The van der Waals surface area contributed by atoms with E-state index in [0.29, 0.717) is 0 Å². The van der Waals surface area contributed by atoms with Crippen molar-refractivity contribution in [3.8, 4) is 0 Å². The van der Waals surface area contributed by atoms with Crippen molar-refractivity contribution in [2.75, 3.05) is 0 Å². The Morgan fingerprint density at radius 2 is 1.87 bits per heavy atom. The molecule has 3 aromatic rings. The first kappa shape index (κ1) is 8.73. The molecule has 3 nitrogen and oxygen atoms in total. The Labute approximate surface area is 93.3 Å². The Bertz CT molecular complexity index is 711. The summed E-state index contributed by atoms with van der Waals surface area (Å²) in [4.78, 5) is 17.1. The number of H-pyrrole nitrogens is 2. The second-order valence-electron chi connectivity index (χ2n) is 3.44. The highest BCUT2D eigenvalue weighted by molar-refractivity contribution is 9.10. The van der Waals surface area contributed by atoms with Crippen LogP contribution < -0.4 is 5.56 Å². The van der Waals surface area contributed by atoms with E-state index in [2.05, 4.69) is 25.9 Å². The number of pyridine rings is 1. The lowest BCUT2D eigenvalue weighted by Gasteiger charge is -1.91. The van der Waals surface area contributed by atoms with E-state index in [1.165, 1.54) is 0 Å². The van der Waals surface area contributed by atoms with Crippen LogP contribution >= 0.6 is 15.9 Å². The van der Waals surface area contributed by atoms with Crippen molar-refractivity contribution in [2.45, 2.75) is 0 Å². The summed E-state index contributed by atoms with van der Waals surface area (Å²) >= 11 is 3.42. The van der Waals surface area contributed by atoms with E-state index in [-0.39, 0.29) is 5.56 Å². The Balaban J connectivity index is 2.60. The van der Waals surface area contributed by atoms with Gasteiger partial charge in [0, 0.05) is 33.0 Å². The van der Waals surface area contributed by atoms with Gasteiger partial charge in [-0.25, -0.2) is 0 Å². The third kappa shape index (κ3) is 1.29. The van der Waals surface area contributed by atoms with Crippen LogP contribution in [0.15, 0.2) is 39.7 Å². The first-order valence-corrected chi connectivity index (χ1v) is 5.33. The monoisotopic (exact) mass is 262 g/mol. The molecular formula is C11H7BrN2O. The van der Waals surface area contributed by atoms with Gasteiger partial charge in [0.05, 0.1) is 5.52 Å². The number of rotatable bonds is 0. The number of nitrogens with one attached hydrogen (secondary N) is 2. The first-order valence-electron chi connectivity index (χ1n) is 4.54. The average molecular weight is 263 g/mol. The van der Waals surface area contributed by atoms with Gasteiger partial charge in [0.25, 0.3) is 0 Å². The SMILES string of the molecule is O=c1cc2c(c[nH]1)[nH]c1ccc(Br)cc12. The van der Waals surface area contributed by atoms with Crippen LogP contribution in [-0.4, -0.2) is 9.97 Å². The second kappa shape index (κ2) is 2.97. The number of halogens is 1. The van der Waals surface area contributed by atoms with Gasteiger partial charge in [-0.15, -0.1) is 0 Å². The lowest BCUT2D eigenvalue weighted by atomic mass is 10.2. The van der Waals surface area contributed by atoms with E-state index < -0.39 is 0 Å². The van der Waals surface area contributed by atoms with E-state index in [0.717, 1.165) is 26.3 Å². The minimum absolute atomic E-state index is 0.0802. The van der Waals surface area contributed by atoms with Crippen LogP contribution in [0.5, 0.6) is 0 Å². The van der Waals surface area contributed by atoms with E-state index in [1.807, 2.05) is 18.2 Å². The molecule has 3 rings (SSSR count). The van der Waals surface area contributed by atoms with Gasteiger partial charge in [0.1, 0.15) is 0 Å². The molecule has 0 aliphatic rings. The zero-order valence-corrected chi connectivity index (χ0v) is 9.26. The van der Waals surface area contributed by atoms with Crippen molar-refractivity contribution in [3.05, 3.63) is 45.3 Å². The molecule has 2 aromatic heterocycles. The molecule has 0 unspecified atom stereocenters. The molecule has 2 N–H and O–H groups in total. The van der Waals surface area contributed by atoms with E-state index in [1.54, 1.807) is 12.3 Å². The standard InChI is InChI=1S/C11H7BrN2O/c12-6-1-2-9-7(3-6)8-4-11(15)13-5-10(8)14-9/h1-5,14H,(H,13,15). The summed E-state index contributed by atoms with van der Waals surface area (Å²) in [7, 11) is 0. The van der Waals surface area contributed by atoms with Crippen LogP contribution in [0.4, 0.5) is 0 Å². The molecule has 0 aliphatic carbocycles. The molecule has 0 amide bonds. The summed E-state index contributed by atoms with van der Waals surface area (Å²) < 4.78 is 1.01. The minimum atomic E-state index is -0.0802. The third-order valence-electron chi connectivity index (χ3n) is 2.47. The molecule has 0 saturated carbocycles. The van der Waals surface area contributed by atoms with Crippen LogP contribution in [-0.2, 0) is 0 Å². The molecule has 0 radical (unpaired) electrons. The fourth-order valence-corrected chi connectivity index (χ4v) is 2.15. The van der Waals surface area contributed by atoms with Crippen molar-refractivity contribution in [3.63, 3.8) is 0 Å². The van der Waals surface area contributed by atoms with Gasteiger partial charge in [-0.2, -0.15) is 0 Å². The Morgan fingerprint density at radius 1 is 1.07 bits per heavy atom. The van der Waals surface area contributed by atoms with Crippen molar-refractivity contribution < 1.29 is 0 Å². The normalized spacial score (nSPS) is 11.3. The Hall–Kier alpha value is -1.55. The number of aromatic nitrogens is 2. The van der Waals surface area contributed by atoms with Crippen molar-refractivity contribution in [1.82, 2.24) is 9.97 Å². The van der Waals surface area contributed by atoms with Gasteiger partial charge in [-0.3, -0.25) is 4.79 Å². The van der Waals surface area contributed by atoms with Crippen LogP contribution in [0.25, 0.3) is 21.8 Å². The maximum atomic E-state index is 11.2.